The number of nitrogens with zero attached hydrogens (tertiary/aromatic N) is 1. The molecule has 3 N–H and O–H groups in total. The highest BCUT2D eigenvalue weighted by molar-refractivity contribution is 5.90. The van der Waals surface area contributed by atoms with Crippen molar-refractivity contribution in [3.63, 3.8) is 0 Å². The van der Waals surface area contributed by atoms with Crippen LogP contribution in [0.25, 0.3) is 0 Å². The molecule has 1 saturated heterocycles. The molecule has 16 heavy (non-hydrogen) atoms. The van der Waals surface area contributed by atoms with Gasteiger partial charge in [-0.1, -0.05) is 6.07 Å². The summed E-state index contributed by atoms with van der Waals surface area (Å²) >= 11 is 0. The Hall–Kier alpha value is -1.62. The third-order valence-electron chi connectivity index (χ3n) is 2.57. The molecule has 1 amide bonds. The predicted molar refractivity (Wildman–Crippen MR) is 59.3 cm³/mol. The molecule has 5 nitrogen and oxygen atoms in total. The lowest BCUT2D eigenvalue weighted by Gasteiger charge is -2.11. The van der Waals surface area contributed by atoms with E-state index in [1.807, 2.05) is 0 Å². The van der Waals surface area contributed by atoms with E-state index >= 15 is 0 Å². The molecule has 1 fully saturated rings. The van der Waals surface area contributed by atoms with Crippen molar-refractivity contribution in [2.24, 2.45) is 5.73 Å². The Morgan fingerprint density at radius 1 is 1.62 bits per heavy atom. The van der Waals surface area contributed by atoms with Gasteiger partial charge in [0.25, 0.3) is 5.91 Å². The molecular formula is C11H15N3O2. The van der Waals surface area contributed by atoms with Crippen molar-refractivity contribution in [1.82, 2.24) is 10.3 Å². The Morgan fingerprint density at radius 2 is 2.50 bits per heavy atom. The normalized spacial score (nSPS) is 19.6. The standard InChI is InChI=1S/C11H15N3O2/c12-11(15)9-4-1-5-10(14-9)16-7-8-3-2-6-13-8/h1,4-5,8,13H,2-3,6-7H2,(H2,12,15). The zero-order valence-corrected chi connectivity index (χ0v) is 8.98. The van der Waals surface area contributed by atoms with Crippen molar-refractivity contribution in [3.05, 3.63) is 23.9 Å². The zero-order chi connectivity index (χ0) is 11.4. The van der Waals surface area contributed by atoms with Gasteiger partial charge in [0, 0.05) is 12.1 Å². The molecule has 1 atom stereocenters. The quantitative estimate of drug-likeness (QED) is 0.767. The lowest BCUT2D eigenvalue weighted by Crippen LogP contribution is -2.28. The fourth-order valence-electron chi connectivity index (χ4n) is 1.72. The van der Waals surface area contributed by atoms with Gasteiger partial charge < -0.3 is 15.8 Å². The van der Waals surface area contributed by atoms with E-state index in [4.69, 9.17) is 10.5 Å². The first kappa shape index (κ1) is 10.9. The smallest absolute Gasteiger partial charge is 0.267 e. The fraction of sp³-hybridized carbons (Fsp3) is 0.455. The van der Waals surface area contributed by atoms with Gasteiger partial charge in [0.05, 0.1) is 0 Å². The summed E-state index contributed by atoms with van der Waals surface area (Å²) in [6.07, 6.45) is 2.30. The second kappa shape index (κ2) is 4.94. The Labute approximate surface area is 94.0 Å². The average Bonchev–Trinajstić information content (AvgIpc) is 2.79. The van der Waals surface area contributed by atoms with Crippen LogP contribution in [0.2, 0.25) is 0 Å². The maximum Gasteiger partial charge on any atom is 0.267 e. The van der Waals surface area contributed by atoms with Crippen LogP contribution >= 0.6 is 0 Å². The molecule has 0 saturated carbocycles. The number of carbonyl (C=O) groups is 1. The number of pyridine rings is 1. The number of hydrogen-bond acceptors (Lipinski definition) is 4. The van der Waals surface area contributed by atoms with E-state index in [1.54, 1.807) is 18.2 Å². The van der Waals surface area contributed by atoms with E-state index in [9.17, 15) is 4.79 Å². The molecule has 0 radical (unpaired) electrons. The molecule has 0 spiro atoms. The minimum absolute atomic E-state index is 0.233. The van der Waals surface area contributed by atoms with E-state index in [-0.39, 0.29) is 5.69 Å². The monoisotopic (exact) mass is 221 g/mol. The van der Waals surface area contributed by atoms with Crippen molar-refractivity contribution in [2.75, 3.05) is 13.2 Å². The van der Waals surface area contributed by atoms with Crippen LogP contribution in [-0.4, -0.2) is 30.1 Å². The van der Waals surface area contributed by atoms with Crippen molar-refractivity contribution in [1.29, 1.82) is 0 Å². The molecule has 1 aromatic rings. The number of amides is 1. The number of hydrogen-bond donors (Lipinski definition) is 2. The number of ether oxygens (including phenoxy) is 1. The number of nitrogens with two attached hydrogens (primary N) is 1. The Kier molecular flexibility index (Phi) is 3.36. The van der Waals surface area contributed by atoms with Gasteiger partial charge in [-0.3, -0.25) is 4.79 Å². The van der Waals surface area contributed by atoms with Crippen molar-refractivity contribution >= 4 is 5.91 Å². The van der Waals surface area contributed by atoms with Crippen LogP contribution in [0.15, 0.2) is 18.2 Å². The number of carbonyl (C=O) groups excluding carboxylic acids is 1. The van der Waals surface area contributed by atoms with Gasteiger partial charge >= 0.3 is 0 Å². The van der Waals surface area contributed by atoms with Crippen LogP contribution in [0.5, 0.6) is 5.88 Å². The number of aromatic nitrogens is 1. The minimum Gasteiger partial charge on any atom is -0.476 e. The molecule has 1 aliphatic rings. The van der Waals surface area contributed by atoms with E-state index in [0.29, 0.717) is 18.5 Å². The van der Waals surface area contributed by atoms with Crippen LogP contribution in [-0.2, 0) is 0 Å². The molecule has 0 bridgehead atoms. The molecule has 1 aromatic heterocycles. The first-order valence-electron chi connectivity index (χ1n) is 5.39. The molecule has 2 heterocycles. The van der Waals surface area contributed by atoms with E-state index in [2.05, 4.69) is 10.3 Å². The van der Waals surface area contributed by atoms with Crippen LogP contribution in [0.4, 0.5) is 0 Å². The number of rotatable bonds is 4. The lowest BCUT2D eigenvalue weighted by molar-refractivity contribution is 0.0994. The maximum absolute atomic E-state index is 10.9. The Bertz CT molecular complexity index is 375. The maximum atomic E-state index is 10.9. The summed E-state index contributed by atoms with van der Waals surface area (Å²) in [5.74, 6) is -0.0885. The molecule has 0 aromatic carbocycles. The second-order valence-corrected chi connectivity index (χ2v) is 3.83. The third kappa shape index (κ3) is 2.70. The minimum atomic E-state index is -0.538. The van der Waals surface area contributed by atoms with Crippen LogP contribution in [0.3, 0.4) is 0 Å². The number of primary amides is 1. The number of nitrogens with one attached hydrogen (secondary N) is 1. The summed E-state index contributed by atoms with van der Waals surface area (Å²) in [4.78, 5) is 14.9. The summed E-state index contributed by atoms with van der Waals surface area (Å²) in [6.45, 7) is 1.62. The molecule has 1 unspecified atom stereocenters. The first-order chi connectivity index (χ1) is 7.75. The largest absolute Gasteiger partial charge is 0.476 e. The second-order valence-electron chi connectivity index (χ2n) is 3.83. The average molecular weight is 221 g/mol. The highest BCUT2D eigenvalue weighted by atomic mass is 16.5. The summed E-state index contributed by atoms with van der Waals surface area (Å²) < 4.78 is 5.50. The fourth-order valence-corrected chi connectivity index (χ4v) is 1.72. The van der Waals surface area contributed by atoms with Gasteiger partial charge in [-0.25, -0.2) is 4.98 Å². The van der Waals surface area contributed by atoms with Gasteiger partial charge in [-0.15, -0.1) is 0 Å². The lowest BCUT2D eigenvalue weighted by atomic mass is 10.2. The van der Waals surface area contributed by atoms with E-state index < -0.39 is 5.91 Å². The van der Waals surface area contributed by atoms with Gasteiger partial charge in [-0.05, 0) is 25.5 Å². The highest BCUT2D eigenvalue weighted by Crippen LogP contribution is 2.10. The predicted octanol–water partition coefficient (Wildman–Crippen LogP) is 0.311. The van der Waals surface area contributed by atoms with Crippen LogP contribution in [0.1, 0.15) is 23.3 Å². The highest BCUT2D eigenvalue weighted by Gasteiger charge is 2.14. The molecule has 86 valence electrons. The molecule has 0 aliphatic carbocycles. The SMILES string of the molecule is NC(=O)c1cccc(OCC2CCCN2)n1. The van der Waals surface area contributed by atoms with Gasteiger partial charge in [0.15, 0.2) is 0 Å². The summed E-state index contributed by atoms with van der Waals surface area (Å²) in [6, 6.07) is 5.40. The van der Waals surface area contributed by atoms with Gasteiger partial charge in [0.2, 0.25) is 5.88 Å². The Morgan fingerprint density at radius 3 is 3.19 bits per heavy atom. The first-order valence-corrected chi connectivity index (χ1v) is 5.39. The van der Waals surface area contributed by atoms with Crippen LogP contribution < -0.4 is 15.8 Å². The van der Waals surface area contributed by atoms with Gasteiger partial charge in [0.1, 0.15) is 12.3 Å². The van der Waals surface area contributed by atoms with Gasteiger partial charge in [-0.2, -0.15) is 0 Å². The van der Waals surface area contributed by atoms with E-state index in [1.165, 1.54) is 6.42 Å². The zero-order valence-electron chi connectivity index (χ0n) is 8.98. The topological polar surface area (TPSA) is 77.2 Å². The summed E-state index contributed by atoms with van der Waals surface area (Å²) in [5, 5.41) is 3.32. The molecule has 2 rings (SSSR count). The van der Waals surface area contributed by atoms with Crippen LogP contribution in [0, 0.1) is 0 Å². The van der Waals surface area contributed by atoms with Crippen molar-refractivity contribution < 1.29 is 9.53 Å². The third-order valence-corrected chi connectivity index (χ3v) is 2.57. The van der Waals surface area contributed by atoms with Crippen molar-refractivity contribution in [2.45, 2.75) is 18.9 Å². The summed E-state index contributed by atoms with van der Waals surface area (Å²) in [5.41, 5.74) is 5.36. The molecule has 5 heteroatoms. The Balaban J connectivity index is 1.93. The van der Waals surface area contributed by atoms with Crippen molar-refractivity contribution in [3.8, 4) is 5.88 Å². The van der Waals surface area contributed by atoms with E-state index in [0.717, 1.165) is 13.0 Å². The summed E-state index contributed by atoms with van der Waals surface area (Å²) in [7, 11) is 0. The molecule has 1 aliphatic heterocycles. The molecular weight excluding hydrogens is 206 g/mol.